The molecule has 1 fully saturated rings. The van der Waals surface area contributed by atoms with E-state index in [1.807, 2.05) is 6.07 Å². The summed E-state index contributed by atoms with van der Waals surface area (Å²) in [6.07, 6.45) is 5.77. The molecule has 144 valence electrons. The van der Waals surface area contributed by atoms with Gasteiger partial charge in [0.15, 0.2) is 5.82 Å². The van der Waals surface area contributed by atoms with Crippen LogP contribution in [0.25, 0.3) is 0 Å². The molecular weight excluding hydrogens is 342 g/mol. The van der Waals surface area contributed by atoms with E-state index in [-0.39, 0.29) is 6.10 Å². The Morgan fingerprint density at radius 2 is 2.11 bits per heavy atom. The summed E-state index contributed by atoms with van der Waals surface area (Å²) in [6.45, 7) is 5.68. The Morgan fingerprint density at radius 3 is 2.81 bits per heavy atom. The number of carbonyl (C=O) groups is 1. The van der Waals surface area contributed by atoms with Crippen LogP contribution in [0.5, 0.6) is 0 Å². The molecule has 2 aromatic heterocycles. The third-order valence-corrected chi connectivity index (χ3v) is 4.81. The first-order valence-electron chi connectivity index (χ1n) is 9.54. The zero-order chi connectivity index (χ0) is 19.2. The predicted octanol–water partition coefficient (Wildman–Crippen LogP) is 4.75. The van der Waals surface area contributed by atoms with Crippen molar-refractivity contribution >= 4 is 23.4 Å². The second kappa shape index (κ2) is 8.79. The summed E-state index contributed by atoms with van der Waals surface area (Å²) in [5, 5.41) is 10.8. The van der Waals surface area contributed by atoms with Gasteiger partial charge in [0, 0.05) is 29.6 Å². The number of amides is 1. The number of pyridine rings is 1. The van der Waals surface area contributed by atoms with Crippen LogP contribution in [0.2, 0.25) is 0 Å². The average Bonchev–Trinajstić information content (AvgIpc) is 3.10. The third-order valence-electron chi connectivity index (χ3n) is 4.81. The number of ether oxygens (including phenoxy) is 1. The molecular formula is C20H27N5O2. The summed E-state index contributed by atoms with van der Waals surface area (Å²) >= 11 is 0. The fraction of sp³-hybridized carbons (Fsp3) is 0.500. The lowest BCUT2D eigenvalue weighted by molar-refractivity contribution is 0.0788. The van der Waals surface area contributed by atoms with Gasteiger partial charge in [0.05, 0.1) is 0 Å². The Balaban J connectivity index is 1.55. The van der Waals surface area contributed by atoms with Crippen molar-refractivity contribution < 1.29 is 9.53 Å². The minimum atomic E-state index is -0.478. The molecule has 0 aliphatic heterocycles. The van der Waals surface area contributed by atoms with Gasteiger partial charge in [0.2, 0.25) is 0 Å². The first-order chi connectivity index (χ1) is 13.0. The van der Waals surface area contributed by atoms with E-state index >= 15 is 0 Å². The second-order valence-corrected chi connectivity index (χ2v) is 7.11. The van der Waals surface area contributed by atoms with Gasteiger partial charge < -0.3 is 10.1 Å². The van der Waals surface area contributed by atoms with Crippen molar-refractivity contribution in [2.75, 3.05) is 5.32 Å². The lowest BCUT2D eigenvalue weighted by Crippen LogP contribution is -2.23. The Kier molecular flexibility index (Phi) is 6.21. The number of carbonyl (C=O) groups excluding carboxylic acids is 1. The average molecular weight is 369 g/mol. The Bertz CT molecular complexity index is 802. The number of aromatic amines is 1. The first kappa shape index (κ1) is 19.1. The highest BCUT2D eigenvalue weighted by Gasteiger charge is 2.26. The summed E-state index contributed by atoms with van der Waals surface area (Å²) in [5.41, 5.74) is 2.98. The van der Waals surface area contributed by atoms with E-state index in [4.69, 9.17) is 4.74 Å². The molecule has 0 unspecified atom stereocenters. The number of nitrogens with zero attached hydrogens (tertiary/aromatic N) is 3. The monoisotopic (exact) mass is 369 g/mol. The highest BCUT2D eigenvalue weighted by molar-refractivity contribution is 5.89. The molecule has 0 saturated heterocycles. The summed E-state index contributed by atoms with van der Waals surface area (Å²) in [5.74, 6) is 2.02. The van der Waals surface area contributed by atoms with E-state index in [1.165, 1.54) is 0 Å². The van der Waals surface area contributed by atoms with Crippen LogP contribution in [-0.2, 0) is 11.2 Å². The minimum absolute atomic E-state index is 0.0435. The second-order valence-electron chi connectivity index (χ2n) is 7.11. The molecule has 1 amide bonds. The zero-order valence-electron chi connectivity index (χ0n) is 16.2. The van der Waals surface area contributed by atoms with E-state index in [1.54, 1.807) is 20.0 Å². The molecule has 27 heavy (non-hydrogen) atoms. The summed E-state index contributed by atoms with van der Waals surface area (Å²) < 4.78 is 5.42. The highest BCUT2D eigenvalue weighted by atomic mass is 16.6. The maximum Gasteiger partial charge on any atom is 0.433 e. The molecule has 7 nitrogen and oxygen atoms in total. The van der Waals surface area contributed by atoms with Crippen LogP contribution in [0.1, 0.15) is 63.6 Å². The van der Waals surface area contributed by atoms with Gasteiger partial charge in [-0.1, -0.05) is 13.0 Å². The molecule has 0 radical (unpaired) electrons. The van der Waals surface area contributed by atoms with Crippen LogP contribution in [0.4, 0.5) is 16.4 Å². The fourth-order valence-corrected chi connectivity index (χ4v) is 3.41. The number of nitrogens with one attached hydrogen (secondary N) is 2. The standard InChI is InChI=1S/C20H27N5O2/c1-4-14-6-5-11-21-19(14)23-18-12-17(24-25-18)15-7-9-16(10-8-15)27-20(26)22-13(2)3/h5-6,11-12,15-16H,4,7-10H2,1-3H3,(H2,21,23,24,25). The molecule has 2 aromatic rings. The predicted molar refractivity (Wildman–Crippen MR) is 106 cm³/mol. The van der Waals surface area contributed by atoms with Gasteiger partial charge in [0.1, 0.15) is 11.9 Å². The van der Waals surface area contributed by atoms with E-state index in [0.29, 0.717) is 11.6 Å². The van der Waals surface area contributed by atoms with Crippen LogP contribution >= 0.6 is 0 Å². The highest BCUT2D eigenvalue weighted by Crippen LogP contribution is 2.34. The van der Waals surface area contributed by atoms with Gasteiger partial charge in [0.25, 0.3) is 0 Å². The van der Waals surface area contributed by atoms with Crippen LogP contribution in [0.15, 0.2) is 29.4 Å². The molecule has 1 saturated carbocycles. The molecule has 1 aliphatic carbocycles. The Hall–Kier alpha value is -2.70. The SMILES string of the molecule is CCc1cccnc1Nc1cc(C2CCC(OC(=O)N=C(C)C)CC2)[nH]n1. The van der Waals surface area contributed by atoms with Crippen molar-refractivity contribution in [2.24, 2.45) is 4.99 Å². The molecule has 7 heteroatoms. The number of aliphatic imine (C=N–C) groups is 1. The first-order valence-corrected chi connectivity index (χ1v) is 9.54. The van der Waals surface area contributed by atoms with Gasteiger partial charge in [-0.05, 0) is 57.6 Å². The molecule has 0 atom stereocenters. The quantitative estimate of drug-likeness (QED) is 0.742. The van der Waals surface area contributed by atoms with Gasteiger partial charge in [-0.15, -0.1) is 0 Å². The van der Waals surface area contributed by atoms with Crippen molar-refractivity contribution in [3.05, 3.63) is 35.7 Å². The lowest BCUT2D eigenvalue weighted by Gasteiger charge is -2.26. The van der Waals surface area contributed by atoms with Crippen LogP contribution in [0.3, 0.4) is 0 Å². The van der Waals surface area contributed by atoms with Crippen molar-refractivity contribution in [3.63, 3.8) is 0 Å². The van der Waals surface area contributed by atoms with Crippen molar-refractivity contribution in [2.45, 2.75) is 64.9 Å². The third kappa shape index (κ3) is 5.15. The lowest BCUT2D eigenvalue weighted by atomic mass is 9.85. The van der Waals surface area contributed by atoms with E-state index in [2.05, 4.69) is 44.5 Å². The molecule has 3 rings (SSSR count). The normalized spacial score (nSPS) is 19.4. The van der Waals surface area contributed by atoms with Crippen molar-refractivity contribution in [1.82, 2.24) is 15.2 Å². The number of anilines is 2. The Morgan fingerprint density at radius 1 is 1.33 bits per heavy atom. The summed E-state index contributed by atoms with van der Waals surface area (Å²) in [6, 6.07) is 6.06. The van der Waals surface area contributed by atoms with Crippen LogP contribution in [-0.4, -0.2) is 33.1 Å². The zero-order valence-corrected chi connectivity index (χ0v) is 16.2. The topological polar surface area (TPSA) is 92.3 Å². The number of aryl methyl sites for hydroxylation is 1. The van der Waals surface area contributed by atoms with Gasteiger partial charge in [-0.3, -0.25) is 5.10 Å². The Labute approximate surface area is 159 Å². The molecule has 0 spiro atoms. The summed E-state index contributed by atoms with van der Waals surface area (Å²) in [7, 11) is 0. The molecule has 2 heterocycles. The number of aromatic nitrogens is 3. The molecule has 1 aliphatic rings. The maximum absolute atomic E-state index is 11.7. The summed E-state index contributed by atoms with van der Waals surface area (Å²) in [4.78, 5) is 19.9. The fourth-order valence-electron chi connectivity index (χ4n) is 3.41. The van der Waals surface area contributed by atoms with Crippen LogP contribution in [0, 0.1) is 0 Å². The number of H-pyrrole nitrogens is 1. The number of hydrogen-bond acceptors (Lipinski definition) is 5. The number of rotatable bonds is 5. The van der Waals surface area contributed by atoms with E-state index < -0.39 is 6.09 Å². The van der Waals surface area contributed by atoms with Crippen molar-refractivity contribution in [1.29, 1.82) is 0 Å². The van der Waals surface area contributed by atoms with E-state index in [0.717, 1.165) is 55.0 Å². The molecule has 0 aromatic carbocycles. The minimum Gasteiger partial charge on any atom is -0.445 e. The molecule has 0 bridgehead atoms. The maximum atomic E-state index is 11.7. The van der Waals surface area contributed by atoms with E-state index in [9.17, 15) is 4.79 Å². The van der Waals surface area contributed by atoms with Crippen molar-refractivity contribution in [3.8, 4) is 0 Å². The van der Waals surface area contributed by atoms with Gasteiger partial charge in [-0.25, -0.2) is 9.78 Å². The largest absolute Gasteiger partial charge is 0.445 e. The molecule has 2 N–H and O–H groups in total. The van der Waals surface area contributed by atoms with Gasteiger partial charge in [-0.2, -0.15) is 10.1 Å². The van der Waals surface area contributed by atoms with Gasteiger partial charge >= 0.3 is 6.09 Å². The smallest absolute Gasteiger partial charge is 0.433 e. The van der Waals surface area contributed by atoms with Crippen LogP contribution < -0.4 is 5.32 Å². The number of hydrogen-bond donors (Lipinski definition) is 2.